The van der Waals surface area contributed by atoms with E-state index in [-0.39, 0.29) is 17.1 Å². The second-order valence-corrected chi connectivity index (χ2v) is 4.34. The molecular formula is C8H20MnO2. The van der Waals surface area contributed by atoms with Gasteiger partial charge in [-0.05, 0) is 41.5 Å². The molecule has 0 rings (SSSR count). The molecule has 0 unspecified atom stereocenters. The van der Waals surface area contributed by atoms with Gasteiger partial charge in [0.05, 0.1) is 11.2 Å². The second kappa shape index (κ2) is 6.01. The van der Waals surface area contributed by atoms with E-state index < -0.39 is 11.2 Å². The van der Waals surface area contributed by atoms with Gasteiger partial charge in [0.1, 0.15) is 0 Å². The van der Waals surface area contributed by atoms with E-state index in [0.717, 1.165) is 0 Å². The van der Waals surface area contributed by atoms with Crippen molar-refractivity contribution < 1.29 is 27.3 Å². The van der Waals surface area contributed by atoms with Crippen molar-refractivity contribution in [1.82, 2.24) is 0 Å². The fourth-order valence-electron chi connectivity index (χ4n) is 0. The standard InChI is InChI=1S/2C4H10O.Mn/c2*1-4(2,3)5;/h2*5H,1-3H3;. The first kappa shape index (κ1) is 17.5. The summed E-state index contributed by atoms with van der Waals surface area (Å²) < 4.78 is 0. The van der Waals surface area contributed by atoms with Gasteiger partial charge in [-0.25, -0.2) is 0 Å². The van der Waals surface area contributed by atoms with Gasteiger partial charge in [-0.3, -0.25) is 0 Å². The van der Waals surface area contributed by atoms with E-state index in [2.05, 4.69) is 0 Å². The minimum Gasteiger partial charge on any atom is -0.391 e. The van der Waals surface area contributed by atoms with Crippen molar-refractivity contribution >= 4 is 0 Å². The molecule has 11 heavy (non-hydrogen) atoms. The summed E-state index contributed by atoms with van der Waals surface area (Å²) in [6.45, 7) is 10.5. The summed E-state index contributed by atoms with van der Waals surface area (Å²) in [4.78, 5) is 0. The van der Waals surface area contributed by atoms with Crippen LogP contribution in [0, 0.1) is 0 Å². The van der Waals surface area contributed by atoms with Crippen LogP contribution in [-0.2, 0) is 17.1 Å². The fourth-order valence-corrected chi connectivity index (χ4v) is 0. The molecule has 0 aromatic carbocycles. The molecule has 0 aliphatic carbocycles. The zero-order chi connectivity index (χ0) is 9.00. The summed E-state index contributed by atoms with van der Waals surface area (Å²) in [5.74, 6) is 0. The molecule has 3 heteroatoms. The maximum Gasteiger partial charge on any atom is 0.0563 e. The zero-order valence-corrected chi connectivity index (χ0v) is 9.45. The molecule has 0 amide bonds. The minimum absolute atomic E-state index is 0. The molecule has 0 saturated heterocycles. The zero-order valence-electron chi connectivity index (χ0n) is 8.27. The first-order valence-corrected chi connectivity index (χ1v) is 3.45. The van der Waals surface area contributed by atoms with Gasteiger partial charge >= 0.3 is 0 Å². The van der Waals surface area contributed by atoms with Crippen LogP contribution in [0.3, 0.4) is 0 Å². The van der Waals surface area contributed by atoms with E-state index in [4.69, 9.17) is 10.2 Å². The second-order valence-electron chi connectivity index (χ2n) is 4.34. The summed E-state index contributed by atoms with van der Waals surface area (Å²) in [6.07, 6.45) is 0. The van der Waals surface area contributed by atoms with Crippen molar-refractivity contribution in [2.75, 3.05) is 0 Å². The van der Waals surface area contributed by atoms with E-state index in [1.54, 1.807) is 41.5 Å². The Morgan fingerprint density at radius 1 is 0.636 bits per heavy atom. The Morgan fingerprint density at radius 3 is 0.636 bits per heavy atom. The van der Waals surface area contributed by atoms with Crippen LogP contribution in [0.1, 0.15) is 41.5 Å². The smallest absolute Gasteiger partial charge is 0.0563 e. The van der Waals surface area contributed by atoms with Crippen LogP contribution in [0.2, 0.25) is 0 Å². The molecule has 0 bridgehead atoms. The molecule has 2 N–H and O–H groups in total. The van der Waals surface area contributed by atoms with E-state index in [9.17, 15) is 0 Å². The Labute approximate surface area is 80.5 Å². The van der Waals surface area contributed by atoms with Gasteiger partial charge in [-0.2, -0.15) is 0 Å². The summed E-state index contributed by atoms with van der Waals surface area (Å²) >= 11 is 0. The molecule has 0 spiro atoms. The molecule has 0 saturated carbocycles. The van der Waals surface area contributed by atoms with Crippen molar-refractivity contribution in [2.24, 2.45) is 0 Å². The monoisotopic (exact) mass is 203 g/mol. The normalized spacial score (nSPS) is 10.9. The van der Waals surface area contributed by atoms with Gasteiger partial charge in [-0.1, -0.05) is 0 Å². The largest absolute Gasteiger partial charge is 0.391 e. The average molecular weight is 203 g/mol. The Balaban J connectivity index is -0.000000107. The van der Waals surface area contributed by atoms with Gasteiger partial charge in [0, 0.05) is 17.1 Å². The van der Waals surface area contributed by atoms with Crippen LogP contribution in [0.15, 0.2) is 0 Å². The molecule has 0 aromatic heterocycles. The molecule has 0 fully saturated rings. The molecule has 0 aliphatic heterocycles. The third-order valence-electron chi connectivity index (χ3n) is 0. The maximum atomic E-state index is 8.52. The Bertz CT molecular complexity index is 55.1. The first-order valence-electron chi connectivity index (χ1n) is 3.45. The quantitative estimate of drug-likeness (QED) is 0.586. The Morgan fingerprint density at radius 2 is 0.636 bits per heavy atom. The van der Waals surface area contributed by atoms with E-state index in [1.807, 2.05) is 0 Å². The van der Waals surface area contributed by atoms with Crippen LogP contribution in [0.4, 0.5) is 0 Å². The predicted octanol–water partition coefficient (Wildman–Crippen LogP) is 1.55. The number of rotatable bonds is 0. The SMILES string of the molecule is CC(C)(C)O.CC(C)(C)O.[Mn]. The van der Waals surface area contributed by atoms with Gasteiger partial charge in [-0.15, -0.1) is 0 Å². The van der Waals surface area contributed by atoms with E-state index in [1.165, 1.54) is 0 Å². The Hall–Kier alpha value is 0.439. The Kier molecular flexibility index (Phi) is 9.57. The molecular weight excluding hydrogens is 183 g/mol. The number of aliphatic hydroxyl groups is 2. The third-order valence-corrected chi connectivity index (χ3v) is 0. The molecule has 71 valence electrons. The van der Waals surface area contributed by atoms with Crippen LogP contribution in [0.25, 0.3) is 0 Å². The molecule has 0 aromatic rings. The first-order chi connectivity index (χ1) is 4.00. The van der Waals surface area contributed by atoms with Crippen LogP contribution in [-0.4, -0.2) is 21.4 Å². The van der Waals surface area contributed by atoms with Gasteiger partial charge in [0.25, 0.3) is 0 Å². The average Bonchev–Trinajstić information content (AvgIpc) is 1.12. The maximum absolute atomic E-state index is 8.52. The molecule has 0 atom stereocenters. The van der Waals surface area contributed by atoms with Crippen LogP contribution >= 0.6 is 0 Å². The van der Waals surface area contributed by atoms with Gasteiger partial charge < -0.3 is 10.2 Å². The van der Waals surface area contributed by atoms with Crippen LogP contribution < -0.4 is 0 Å². The molecule has 0 aliphatic rings. The fraction of sp³-hybridized carbons (Fsp3) is 1.00. The van der Waals surface area contributed by atoms with Gasteiger partial charge in [0.15, 0.2) is 0 Å². The summed E-state index contributed by atoms with van der Waals surface area (Å²) in [6, 6.07) is 0. The summed E-state index contributed by atoms with van der Waals surface area (Å²) in [5, 5.41) is 17.0. The summed E-state index contributed by atoms with van der Waals surface area (Å²) in [7, 11) is 0. The number of hydrogen-bond acceptors (Lipinski definition) is 2. The minimum atomic E-state index is -0.500. The van der Waals surface area contributed by atoms with E-state index in [0.29, 0.717) is 0 Å². The predicted molar refractivity (Wildman–Crippen MR) is 43.9 cm³/mol. The molecule has 0 heterocycles. The third kappa shape index (κ3) is 3850. The van der Waals surface area contributed by atoms with Crippen molar-refractivity contribution in [1.29, 1.82) is 0 Å². The van der Waals surface area contributed by atoms with Crippen LogP contribution in [0.5, 0.6) is 0 Å². The van der Waals surface area contributed by atoms with E-state index >= 15 is 0 Å². The van der Waals surface area contributed by atoms with Crippen molar-refractivity contribution in [2.45, 2.75) is 52.7 Å². The van der Waals surface area contributed by atoms with Gasteiger partial charge in [0.2, 0.25) is 0 Å². The molecule has 1 radical (unpaired) electrons. The molecule has 2 nitrogen and oxygen atoms in total. The van der Waals surface area contributed by atoms with Crippen molar-refractivity contribution in [3.63, 3.8) is 0 Å². The summed E-state index contributed by atoms with van der Waals surface area (Å²) in [5.41, 5.74) is -1.00. The van der Waals surface area contributed by atoms with Crippen molar-refractivity contribution in [3.05, 3.63) is 0 Å². The number of hydrogen-bond donors (Lipinski definition) is 2. The van der Waals surface area contributed by atoms with Crippen molar-refractivity contribution in [3.8, 4) is 0 Å². The topological polar surface area (TPSA) is 40.5 Å².